The van der Waals surface area contributed by atoms with Crippen LogP contribution in [-0.4, -0.2) is 0 Å². The molecule has 0 heteroatoms. The Hall–Kier alpha value is -2.60. The second kappa shape index (κ2) is 21.1. The molecule has 0 heterocycles. The first-order chi connectivity index (χ1) is 20.2. The van der Waals surface area contributed by atoms with E-state index in [4.69, 9.17) is 0 Å². The molecule has 0 aromatic heterocycles. The number of benzene rings is 1. The van der Waals surface area contributed by atoms with Crippen LogP contribution in [0.1, 0.15) is 143 Å². The second-order valence-electron chi connectivity index (χ2n) is 12.0. The Morgan fingerprint density at radius 2 is 1.67 bits per heavy atom. The summed E-state index contributed by atoms with van der Waals surface area (Å²) in [4.78, 5) is 0. The molecule has 0 saturated heterocycles. The van der Waals surface area contributed by atoms with E-state index >= 15 is 0 Å². The van der Waals surface area contributed by atoms with Crippen LogP contribution in [0.3, 0.4) is 0 Å². The molecule has 0 aliphatic heterocycles. The van der Waals surface area contributed by atoms with E-state index in [1.807, 2.05) is 13.8 Å². The molecule has 0 nitrogen and oxygen atoms in total. The van der Waals surface area contributed by atoms with Crippen molar-refractivity contribution in [3.05, 3.63) is 117 Å². The molecule has 0 spiro atoms. The average Bonchev–Trinajstić information content (AvgIpc) is 2.97. The van der Waals surface area contributed by atoms with Crippen molar-refractivity contribution in [3.8, 4) is 0 Å². The van der Waals surface area contributed by atoms with Crippen molar-refractivity contribution < 1.29 is 0 Å². The van der Waals surface area contributed by atoms with Gasteiger partial charge in [0.2, 0.25) is 0 Å². The van der Waals surface area contributed by atoms with E-state index < -0.39 is 0 Å². The van der Waals surface area contributed by atoms with Gasteiger partial charge in [0.15, 0.2) is 0 Å². The highest BCUT2D eigenvalue weighted by Crippen LogP contribution is 2.32. The van der Waals surface area contributed by atoms with Crippen LogP contribution < -0.4 is 0 Å². The van der Waals surface area contributed by atoms with Gasteiger partial charge in [0.1, 0.15) is 0 Å². The number of rotatable bonds is 10. The van der Waals surface area contributed by atoms with Gasteiger partial charge in [-0.05, 0) is 114 Å². The van der Waals surface area contributed by atoms with Gasteiger partial charge in [-0.1, -0.05) is 143 Å². The molecule has 0 radical (unpaired) electrons. The van der Waals surface area contributed by atoms with E-state index in [0.29, 0.717) is 5.92 Å². The fraction of sp³-hybridized carbons (Fsp3) is 0.524. The summed E-state index contributed by atoms with van der Waals surface area (Å²) >= 11 is 0. The Morgan fingerprint density at radius 1 is 0.976 bits per heavy atom. The molecule has 42 heavy (non-hydrogen) atoms. The maximum Gasteiger partial charge on any atom is 0.00238 e. The van der Waals surface area contributed by atoms with Crippen LogP contribution in [-0.2, 0) is 6.42 Å². The average molecular weight is 569 g/mol. The lowest BCUT2D eigenvalue weighted by atomic mass is 9.85. The molecule has 2 aliphatic carbocycles. The third kappa shape index (κ3) is 12.3. The van der Waals surface area contributed by atoms with E-state index in [0.717, 1.165) is 44.4 Å². The zero-order valence-corrected chi connectivity index (χ0v) is 29.4. The number of hydrogen-bond acceptors (Lipinski definition) is 0. The zero-order valence-electron chi connectivity index (χ0n) is 29.4. The minimum atomic E-state index is 0.456. The van der Waals surface area contributed by atoms with Crippen molar-refractivity contribution in [2.24, 2.45) is 5.92 Å². The second-order valence-corrected chi connectivity index (χ2v) is 12.0. The van der Waals surface area contributed by atoms with Crippen LogP contribution in [0.4, 0.5) is 0 Å². The predicted octanol–water partition coefficient (Wildman–Crippen LogP) is 13.7. The summed E-state index contributed by atoms with van der Waals surface area (Å²) in [5, 5.41) is 0. The fourth-order valence-corrected chi connectivity index (χ4v) is 5.77. The van der Waals surface area contributed by atoms with E-state index in [1.165, 1.54) is 69.4 Å². The Morgan fingerprint density at radius 3 is 2.21 bits per heavy atom. The summed E-state index contributed by atoms with van der Waals surface area (Å²) in [6.45, 7) is 24.3. The van der Waals surface area contributed by atoms with Gasteiger partial charge >= 0.3 is 0 Å². The first kappa shape index (κ1) is 37.4. The van der Waals surface area contributed by atoms with Gasteiger partial charge < -0.3 is 0 Å². The predicted molar refractivity (Wildman–Crippen MR) is 192 cm³/mol. The third-order valence-electron chi connectivity index (χ3n) is 8.91. The molecule has 1 fully saturated rings. The van der Waals surface area contributed by atoms with Gasteiger partial charge in [-0.15, -0.1) is 0 Å². The van der Waals surface area contributed by atoms with Crippen LogP contribution in [0.15, 0.2) is 100 Å². The maximum atomic E-state index is 2.49. The summed E-state index contributed by atoms with van der Waals surface area (Å²) in [5.41, 5.74) is 13.1. The number of allylic oxidation sites excluding steroid dienone is 14. The highest BCUT2D eigenvalue weighted by atomic mass is 14.2. The van der Waals surface area contributed by atoms with Gasteiger partial charge in [-0.3, -0.25) is 0 Å². The summed E-state index contributed by atoms with van der Waals surface area (Å²) in [7, 11) is 0. The Labute approximate surface area is 262 Å². The Kier molecular flexibility index (Phi) is 18.8. The maximum absolute atomic E-state index is 2.49. The largest absolute Gasteiger partial charge is 0.0874 e. The summed E-state index contributed by atoms with van der Waals surface area (Å²) < 4.78 is 0. The topological polar surface area (TPSA) is 0 Å². The quantitative estimate of drug-likeness (QED) is 0.194. The van der Waals surface area contributed by atoms with Gasteiger partial charge in [-0.25, -0.2) is 0 Å². The van der Waals surface area contributed by atoms with Gasteiger partial charge in [-0.2, -0.15) is 0 Å². The molecule has 1 aromatic rings. The zero-order chi connectivity index (χ0) is 31.5. The standard InChI is InChI=1S/C35H48.C5H10.C2H6/c1-9-18-32(25-33-20-16-14-13-15-19-26(33)5)28(7)24-34-21-17-22-35(29(34)8)31(12-4)23-27(6)30(10-2)11-3;1-5-3-2-4-5;1-2/h9-10,14-19,21-23,31H,11-13,20,24-25H2,1-8H3;5H,2-4H2,1H3;1-2H3/b16-14-,18-9-,19-15-,27-23-,30-10-,32-28+,33-26+;;. The van der Waals surface area contributed by atoms with Crippen molar-refractivity contribution in [3.63, 3.8) is 0 Å². The van der Waals surface area contributed by atoms with Crippen molar-refractivity contribution >= 4 is 0 Å². The van der Waals surface area contributed by atoms with Crippen molar-refractivity contribution in [2.75, 3.05) is 0 Å². The van der Waals surface area contributed by atoms with Crippen LogP contribution in [0.25, 0.3) is 0 Å². The lowest BCUT2D eigenvalue weighted by molar-refractivity contribution is 0.346. The molecule has 1 aromatic carbocycles. The van der Waals surface area contributed by atoms with Crippen molar-refractivity contribution in [1.29, 1.82) is 0 Å². The molecule has 0 N–H and O–H groups in total. The molecular weight excluding hydrogens is 504 g/mol. The molecule has 3 rings (SSSR count). The molecule has 1 saturated carbocycles. The van der Waals surface area contributed by atoms with E-state index in [9.17, 15) is 0 Å². The molecule has 0 bridgehead atoms. The molecular formula is C42H64. The van der Waals surface area contributed by atoms with Gasteiger partial charge in [0.05, 0.1) is 0 Å². The molecule has 2 aliphatic rings. The first-order valence-electron chi connectivity index (χ1n) is 17.0. The molecule has 1 unspecified atom stereocenters. The fourth-order valence-electron chi connectivity index (χ4n) is 5.77. The first-order valence-corrected chi connectivity index (χ1v) is 17.0. The summed E-state index contributed by atoms with van der Waals surface area (Å²) in [6.07, 6.45) is 29.2. The van der Waals surface area contributed by atoms with Crippen LogP contribution in [0.2, 0.25) is 0 Å². The minimum Gasteiger partial charge on any atom is -0.0874 e. The van der Waals surface area contributed by atoms with Crippen molar-refractivity contribution in [2.45, 2.75) is 140 Å². The highest BCUT2D eigenvalue weighted by Gasteiger charge is 2.15. The lowest BCUT2D eigenvalue weighted by Crippen LogP contribution is -2.04. The monoisotopic (exact) mass is 569 g/mol. The van der Waals surface area contributed by atoms with E-state index in [1.54, 1.807) is 0 Å². The summed E-state index contributed by atoms with van der Waals surface area (Å²) in [5.74, 6) is 1.52. The minimum absolute atomic E-state index is 0.456. The normalized spacial score (nSPS) is 20.6. The lowest BCUT2D eigenvalue weighted by Gasteiger charge is -2.20. The Bertz CT molecular complexity index is 1150. The van der Waals surface area contributed by atoms with E-state index in [2.05, 4.69) is 129 Å². The molecule has 1 atom stereocenters. The molecule has 0 amide bonds. The van der Waals surface area contributed by atoms with Crippen molar-refractivity contribution in [1.82, 2.24) is 0 Å². The third-order valence-corrected chi connectivity index (χ3v) is 8.91. The number of hydrogen-bond donors (Lipinski definition) is 0. The smallest absolute Gasteiger partial charge is 0.00238 e. The van der Waals surface area contributed by atoms with Crippen LogP contribution >= 0.6 is 0 Å². The highest BCUT2D eigenvalue weighted by molar-refractivity contribution is 5.44. The SMILES string of the molecule is C/C=C\C(C/C1=C(C)/C=C\C/C=C\C1)=C(\C)Cc1cccc(C(/C=C(C)\C(=C/C)CC)CC)c1C.CC.CC1CCC1. The van der Waals surface area contributed by atoms with Gasteiger partial charge in [0, 0.05) is 5.92 Å². The molecule has 232 valence electrons. The van der Waals surface area contributed by atoms with Gasteiger partial charge in [0.25, 0.3) is 0 Å². The summed E-state index contributed by atoms with van der Waals surface area (Å²) in [6, 6.07) is 6.93. The van der Waals surface area contributed by atoms with Crippen LogP contribution in [0.5, 0.6) is 0 Å². The Balaban J connectivity index is 0.00000111. The van der Waals surface area contributed by atoms with E-state index in [-0.39, 0.29) is 0 Å². The van der Waals surface area contributed by atoms with Crippen LogP contribution in [0, 0.1) is 12.8 Å².